The van der Waals surface area contributed by atoms with Crippen molar-refractivity contribution in [1.29, 1.82) is 0 Å². The maximum atomic E-state index is 12.5. The van der Waals surface area contributed by atoms with Crippen LogP contribution in [0, 0.1) is 0 Å². The first-order valence-corrected chi connectivity index (χ1v) is 8.51. The van der Waals surface area contributed by atoms with Gasteiger partial charge in [0.15, 0.2) is 0 Å². The third kappa shape index (κ3) is 4.98. The fourth-order valence-corrected chi connectivity index (χ4v) is 2.86. The van der Waals surface area contributed by atoms with E-state index in [9.17, 15) is 4.79 Å². The molecule has 0 bridgehead atoms. The van der Waals surface area contributed by atoms with Crippen LogP contribution in [0.2, 0.25) is 10.0 Å². The maximum Gasteiger partial charge on any atom is 0.223 e. The second kappa shape index (κ2) is 8.37. The molecular formula is C19H21Cl2NO. The van der Waals surface area contributed by atoms with Crippen molar-refractivity contribution in [3.63, 3.8) is 0 Å². The molecule has 4 heteroatoms. The molecule has 2 rings (SSSR count). The van der Waals surface area contributed by atoms with Crippen LogP contribution in [-0.2, 0) is 4.79 Å². The minimum Gasteiger partial charge on any atom is -0.346 e. The number of hydrogen-bond donors (Lipinski definition) is 0. The van der Waals surface area contributed by atoms with Crippen molar-refractivity contribution in [3.8, 4) is 0 Å². The first-order valence-electron chi connectivity index (χ1n) is 7.76. The third-order valence-corrected chi connectivity index (χ3v) is 4.41. The van der Waals surface area contributed by atoms with Crippen LogP contribution in [0.4, 0.5) is 0 Å². The fraction of sp³-hybridized carbons (Fsp3) is 0.316. The summed E-state index contributed by atoms with van der Waals surface area (Å²) in [4.78, 5) is 14.3. The lowest BCUT2D eigenvalue weighted by molar-refractivity contribution is -0.130. The van der Waals surface area contributed by atoms with Gasteiger partial charge in [-0.15, -0.1) is 0 Å². The van der Waals surface area contributed by atoms with Gasteiger partial charge in [-0.1, -0.05) is 54.4 Å². The molecule has 0 aliphatic carbocycles. The number of amides is 1. The molecule has 2 nitrogen and oxygen atoms in total. The Hall–Kier alpha value is -1.51. The van der Waals surface area contributed by atoms with E-state index in [4.69, 9.17) is 23.2 Å². The van der Waals surface area contributed by atoms with Crippen molar-refractivity contribution in [3.05, 3.63) is 69.7 Å². The van der Waals surface area contributed by atoms with E-state index in [2.05, 4.69) is 6.92 Å². The zero-order chi connectivity index (χ0) is 16.8. The zero-order valence-corrected chi connectivity index (χ0v) is 14.9. The van der Waals surface area contributed by atoms with Gasteiger partial charge in [0.1, 0.15) is 0 Å². The molecule has 0 spiro atoms. The largest absolute Gasteiger partial charge is 0.346 e. The van der Waals surface area contributed by atoms with Gasteiger partial charge in [-0.25, -0.2) is 0 Å². The van der Waals surface area contributed by atoms with Crippen LogP contribution < -0.4 is 0 Å². The molecule has 0 saturated carbocycles. The molecular weight excluding hydrogens is 329 g/mol. The SMILES string of the molecule is CCCN(C)C(=O)CC(c1ccc(Cl)cc1)c1ccc(Cl)cc1. The van der Waals surface area contributed by atoms with E-state index in [1.54, 1.807) is 4.90 Å². The quantitative estimate of drug-likeness (QED) is 0.685. The van der Waals surface area contributed by atoms with Gasteiger partial charge < -0.3 is 4.90 Å². The maximum absolute atomic E-state index is 12.5. The van der Waals surface area contributed by atoms with E-state index in [-0.39, 0.29) is 11.8 Å². The Labute approximate surface area is 148 Å². The third-order valence-electron chi connectivity index (χ3n) is 3.91. The molecule has 0 N–H and O–H groups in total. The standard InChI is InChI=1S/C19H21Cl2NO/c1-3-12-22(2)19(23)13-18(14-4-8-16(20)9-5-14)15-6-10-17(21)11-7-15/h4-11,18H,3,12-13H2,1-2H3. The molecule has 1 amide bonds. The highest BCUT2D eigenvalue weighted by molar-refractivity contribution is 6.30. The number of halogens is 2. The molecule has 2 aromatic rings. The van der Waals surface area contributed by atoms with Crippen molar-refractivity contribution >= 4 is 29.1 Å². The Kier molecular flexibility index (Phi) is 6.49. The lowest BCUT2D eigenvalue weighted by Crippen LogP contribution is -2.28. The number of carbonyl (C=O) groups excluding carboxylic acids is 1. The van der Waals surface area contributed by atoms with E-state index < -0.39 is 0 Å². The summed E-state index contributed by atoms with van der Waals surface area (Å²) in [6.45, 7) is 2.84. The fourth-order valence-electron chi connectivity index (χ4n) is 2.61. The summed E-state index contributed by atoms with van der Waals surface area (Å²) >= 11 is 12.0. The molecule has 0 fully saturated rings. The molecule has 0 aliphatic heterocycles. The molecule has 122 valence electrons. The van der Waals surface area contributed by atoms with Crippen LogP contribution >= 0.6 is 23.2 Å². The average molecular weight is 350 g/mol. The molecule has 0 aromatic heterocycles. The Bertz CT molecular complexity index is 592. The van der Waals surface area contributed by atoms with Gasteiger partial charge >= 0.3 is 0 Å². The van der Waals surface area contributed by atoms with Gasteiger partial charge in [0, 0.05) is 36.0 Å². The topological polar surface area (TPSA) is 20.3 Å². The van der Waals surface area contributed by atoms with E-state index in [0.717, 1.165) is 24.1 Å². The molecule has 0 saturated heterocycles. The summed E-state index contributed by atoms with van der Waals surface area (Å²) in [6.07, 6.45) is 1.38. The molecule has 2 aromatic carbocycles. The first-order chi connectivity index (χ1) is 11.0. The normalized spacial score (nSPS) is 10.8. The van der Waals surface area contributed by atoms with Crippen LogP contribution in [0.1, 0.15) is 36.8 Å². The summed E-state index contributed by atoms with van der Waals surface area (Å²) in [5.74, 6) is 0.137. The minimum atomic E-state index is -0.00339. The van der Waals surface area contributed by atoms with Crippen LogP contribution in [0.15, 0.2) is 48.5 Å². The highest BCUT2D eigenvalue weighted by atomic mass is 35.5. The number of rotatable bonds is 6. The van der Waals surface area contributed by atoms with Crippen molar-refractivity contribution < 1.29 is 4.79 Å². The van der Waals surface area contributed by atoms with Crippen LogP contribution in [0.3, 0.4) is 0 Å². The molecule has 0 atom stereocenters. The number of carbonyl (C=O) groups is 1. The highest BCUT2D eigenvalue weighted by Crippen LogP contribution is 2.30. The summed E-state index contributed by atoms with van der Waals surface area (Å²) in [6, 6.07) is 15.4. The lowest BCUT2D eigenvalue weighted by Gasteiger charge is -2.22. The van der Waals surface area contributed by atoms with E-state index in [0.29, 0.717) is 16.5 Å². The molecule has 23 heavy (non-hydrogen) atoms. The van der Waals surface area contributed by atoms with E-state index in [1.165, 1.54) is 0 Å². The van der Waals surface area contributed by atoms with E-state index in [1.807, 2.05) is 55.6 Å². The smallest absolute Gasteiger partial charge is 0.223 e. The van der Waals surface area contributed by atoms with Gasteiger partial charge in [-0.3, -0.25) is 4.79 Å². The summed E-state index contributed by atoms with van der Waals surface area (Å²) in [7, 11) is 1.85. The van der Waals surface area contributed by atoms with Crippen LogP contribution in [-0.4, -0.2) is 24.4 Å². The second-order valence-electron chi connectivity index (χ2n) is 5.68. The predicted molar refractivity (Wildman–Crippen MR) is 97.3 cm³/mol. The van der Waals surface area contributed by atoms with Gasteiger partial charge in [-0.2, -0.15) is 0 Å². The summed E-state index contributed by atoms with van der Waals surface area (Å²) in [5.41, 5.74) is 2.16. The number of benzene rings is 2. The summed E-state index contributed by atoms with van der Waals surface area (Å²) < 4.78 is 0. The molecule has 0 unspecified atom stereocenters. The molecule has 0 aliphatic rings. The second-order valence-corrected chi connectivity index (χ2v) is 6.55. The Morgan fingerprint density at radius 1 is 0.957 bits per heavy atom. The Morgan fingerprint density at radius 3 is 1.78 bits per heavy atom. The van der Waals surface area contributed by atoms with Crippen LogP contribution in [0.5, 0.6) is 0 Å². The zero-order valence-electron chi connectivity index (χ0n) is 13.4. The van der Waals surface area contributed by atoms with Gasteiger partial charge in [0.2, 0.25) is 5.91 Å². The van der Waals surface area contributed by atoms with Crippen molar-refractivity contribution in [2.45, 2.75) is 25.7 Å². The van der Waals surface area contributed by atoms with Crippen molar-refractivity contribution in [1.82, 2.24) is 4.90 Å². The van der Waals surface area contributed by atoms with Crippen molar-refractivity contribution in [2.75, 3.05) is 13.6 Å². The Balaban J connectivity index is 2.29. The van der Waals surface area contributed by atoms with Crippen LogP contribution in [0.25, 0.3) is 0 Å². The predicted octanol–water partition coefficient (Wildman–Crippen LogP) is 5.38. The van der Waals surface area contributed by atoms with Gasteiger partial charge in [0.25, 0.3) is 0 Å². The molecule has 0 radical (unpaired) electrons. The van der Waals surface area contributed by atoms with Gasteiger partial charge in [-0.05, 0) is 41.8 Å². The average Bonchev–Trinajstić information content (AvgIpc) is 2.54. The number of hydrogen-bond acceptors (Lipinski definition) is 1. The highest BCUT2D eigenvalue weighted by Gasteiger charge is 2.20. The monoisotopic (exact) mass is 349 g/mol. The van der Waals surface area contributed by atoms with Gasteiger partial charge in [0.05, 0.1) is 0 Å². The van der Waals surface area contributed by atoms with Crippen molar-refractivity contribution in [2.24, 2.45) is 0 Å². The summed E-state index contributed by atoms with van der Waals surface area (Å²) in [5, 5.41) is 1.39. The Morgan fingerprint density at radius 2 is 1.39 bits per heavy atom. The van der Waals surface area contributed by atoms with E-state index >= 15 is 0 Å². The number of nitrogens with zero attached hydrogens (tertiary/aromatic N) is 1. The molecule has 0 heterocycles. The minimum absolute atomic E-state index is 0.00339. The lowest BCUT2D eigenvalue weighted by atomic mass is 9.88. The first kappa shape index (κ1) is 17.8.